The normalized spacial score (nSPS) is 15.5. The molecular weight excluding hydrogens is 854 g/mol. The maximum Gasteiger partial charge on any atom is 0.491 e. The highest BCUT2D eigenvalue weighted by atomic mass is 79.9. The van der Waals surface area contributed by atoms with Crippen LogP contribution in [0, 0.1) is 19.8 Å². The number of rotatable bonds is 7. The van der Waals surface area contributed by atoms with Crippen LogP contribution in [0.5, 0.6) is 0 Å². The Balaban J connectivity index is 0.000000179. The van der Waals surface area contributed by atoms with Gasteiger partial charge in [-0.25, -0.2) is 0 Å². The molecule has 58 heavy (non-hydrogen) atoms. The zero-order chi connectivity index (χ0) is 40.5. The third-order valence-corrected chi connectivity index (χ3v) is 12.4. The predicted octanol–water partition coefficient (Wildman–Crippen LogP) is 4.34. The molecule has 0 amide bonds. The van der Waals surface area contributed by atoms with Crippen LogP contribution in [0.4, 0.5) is 0 Å². The fraction of sp³-hybridized carbons (Fsp3) is 0.333. The summed E-state index contributed by atoms with van der Waals surface area (Å²) >= 11 is 15.7. The summed E-state index contributed by atoms with van der Waals surface area (Å²) in [6.07, 6.45) is 8.43. The number of benzene rings is 4. The standard InChI is InChI=1S/C22H24ClN3.C18H19BrClN.C5H9BN2O2.ClH/c1-16-21(15-26(2)25-16)17-3-5-18(6-4-17)22(11-13-24-14-12-22)19-7-9-20(23)10-8-19;19-16-5-1-13(2-6-16)18(15-9-11-21-12-10-15)14-3-7-17(20)8-4-14;1-4-5(6(9)10)3-8(2)7-4;/h3-10,15,24H,11-14H2,1-2H3;1-8,15,18,21H,9-12H2;3,9-10H,1-2H3;1H. The Kier molecular flexibility index (Phi) is 16.7. The fourth-order valence-electron chi connectivity index (χ4n) is 8.45. The van der Waals surface area contributed by atoms with Crippen molar-refractivity contribution >= 4 is 51.7 Å². The summed E-state index contributed by atoms with van der Waals surface area (Å²) in [5, 5.41) is 33.4. The lowest BCUT2D eigenvalue weighted by molar-refractivity contribution is -0.665. The Morgan fingerprint density at radius 3 is 1.69 bits per heavy atom. The molecule has 2 fully saturated rings. The molecule has 2 saturated heterocycles. The van der Waals surface area contributed by atoms with E-state index < -0.39 is 7.12 Å². The topological polar surface area (TPSA) is 105 Å². The van der Waals surface area contributed by atoms with E-state index >= 15 is 0 Å². The van der Waals surface area contributed by atoms with Crippen LogP contribution in [-0.2, 0) is 19.5 Å². The third-order valence-electron chi connectivity index (χ3n) is 11.4. The smallest absolute Gasteiger partial charge is 0.491 e. The molecule has 0 radical (unpaired) electrons. The molecule has 1 unspecified atom stereocenters. The van der Waals surface area contributed by atoms with Crippen LogP contribution in [0.3, 0.4) is 0 Å². The number of quaternary nitrogens is 1. The highest BCUT2D eigenvalue weighted by Gasteiger charge is 2.35. The van der Waals surface area contributed by atoms with Crippen molar-refractivity contribution in [1.82, 2.24) is 24.9 Å². The molecule has 306 valence electrons. The molecule has 0 saturated carbocycles. The van der Waals surface area contributed by atoms with Gasteiger partial charge in [0.05, 0.1) is 24.5 Å². The average Bonchev–Trinajstić information content (AvgIpc) is 3.76. The van der Waals surface area contributed by atoms with Gasteiger partial charge < -0.3 is 33.1 Å². The minimum Gasteiger partial charge on any atom is -1.00 e. The minimum absolute atomic E-state index is 0. The average molecular weight is 907 g/mol. The quantitative estimate of drug-likeness (QED) is 0.179. The van der Waals surface area contributed by atoms with Gasteiger partial charge in [0.25, 0.3) is 0 Å². The zero-order valence-electron chi connectivity index (χ0n) is 33.6. The number of aryl methyl sites for hydroxylation is 4. The molecule has 0 bridgehead atoms. The highest BCUT2D eigenvalue weighted by molar-refractivity contribution is 9.10. The van der Waals surface area contributed by atoms with Crippen molar-refractivity contribution < 1.29 is 27.8 Å². The van der Waals surface area contributed by atoms with Gasteiger partial charge in [-0.05, 0) is 110 Å². The first-order chi connectivity index (χ1) is 27.4. The Labute approximate surface area is 368 Å². The number of nitrogens with one attached hydrogen (secondary N) is 1. The summed E-state index contributed by atoms with van der Waals surface area (Å²) < 4.78 is 4.56. The van der Waals surface area contributed by atoms with Crippen molar-refractivity contribution in [2.45, 2.75) is 50.9 Å². The lowest BCUT2D eigenvalue weighted by Crippen LogP contribution is -3.00. The molecule has 0 aliphatic carbocycles. The Morgan fingerprint density at radius 1 is 0.741 bits per heavy atom. The highest BCUT2D eigenvalue weighted by Crippen LogP contribution is 2.41. The van der Waals surface area contributed by atoms with Gasteiger partial charge in [-0.2, -0.15) is 10.2 Å². The molecule has 0 spiro atoms. The molecule has 4 heterocycles. The van der Waals surface area contributed by atoms with Gasteiger partial charge in [-0.15, -0.1) is 0 Å². The number of aromatic nitrogens is 4. The number of halogens is 4. The molecule has 2 aromatic heterocycles. The number of hydrogen-bond donors (Lipinski definition) is 4. The Hall–Kier alpha value is -3.45. The van der Waals surface area contributed by atoms with E-state index in [0.717, 1.165) is 52.1 Å². The third kappa shape index (κ3) is 11.4. The monoisotopic (exact) mass is 904 g/mol. The molecule has 6 aromatic rings. The van der Waals surface area contributed by atoms with Crippen LogP contribution in [-0.4, -0.2) is 62.9 Å². The maximum absolute atomic E-state index is 8.72. The number of nitrogens with zero attached hydrogens (tertiary/aromatic N) is 4. The molecule has 13 heteroatoms. The second kappa shape index (κ2) is 21.2. The lowest BCUT2D eigenvalue weighted by atomic mass is 9.68. The molecule has 2 aliphatic rings. The largest absolute Gasteiger partial charge is 1.00 e. The zero-order valence-corrected chi connectivity index (χ0v) is 37.4. The van der Waals surface area contributed by atoms with E-state index in [-0.39, 0.29) is 17.8 Å². The Morgan fingerprint density at radius 2 is 1.22 bits per heavy atom. The molecule has 4 aromatic carbocycles. The van der Waals surface area contributed by atoms with Crippen molar-refractivity contribution in [3.05, 3.63) is 158 Å². The number of hydrogen-bond acceptors (Lipinski definition) is 5. The van der Waals surface area contributed by atoms with E-state index in [1.165, 1.54) is 59.3 Å². The van der Waals surface area contributed by atoms with Crippen LogP contribution in [0.2, 0.25) is 10.0 Å². The summed E-state index contributed by atoms with van der Waals surface area (Å²) in [6.45, 7) is 8.34. The van der Waals surface area contributed by atoms with E-state index in [0.29, 0.717) is 17.1 Å². The lowest BCUT2D eigenvalue weighted by Gasteiger charge is -2.39. The van der Waals surface area contributed by atoms with E-state index in [1.807, 2.05) is 36.0 Å². The first-order valence-electron chi connectivity index (χ1n) is 19.7. The van der Waals surface area contributed by atoms with Crippen LogP contribution in [0.15, 0.2) is 114 Å². The first-order valence-corrected chi connectivity index (χ1v) is 21.2. The minimum atomic E-state index is -1.41. The summed E-state index contributed by atoms with van der Waals surface area (Å²) in [5.41, 5.74) is 10.2. The molecular formula is C45H53BBrCl3N6O2. The van der Waals surface area contributed by atoms with Gasteiger partial charge in [0.2, 0.25) is 0 Å². The van der Waals surface area contributed by atoms with Gasteiger partial charge in [0, 0.05) is 76.2 Å². The SMILES string of the molecule is Cc1nn(C)cc1-c1ccc(C2(c3ccc(Cl)cc3)CCNCC2)cc1.Cc1nn(C)cc1B(O)O.Clc1ccc(C(c2ccc(Br)cc2)C2CC[NH2+]CC2)cc1.[Cl-]. The molecule has 8 nitrogen and oxygen atoms in total. The molecule has 8 rings (SSSR count). The van der Waals surface area contributed by atoms with Gasteiger partial charge >= 0.3 is 7.12 Å². The Bertz CT molecular complexity index is 2120. The van der Waals surface area contributed by atoms with Crippen molar-refractivity contribution in [2.24, 2.45) is 20.0 Å². The summed E-state index contributed by atoms with van der Waals surface area (Å²) in [6, 6.07) is 34.6. The van der Waals surface area contributed by atoms with E-state index in [2.05, 4.69) is 123 Å². The predicted molar refractivity (Wildman–Crippen MR) is 237 cm³/mol. The van der Waals surface area contributed by atoms with E-state index in [9.17, 15) is 0 Å². The maximum atomic E-state index is 8.72. The summed E-state index contributed by atoms with van der Waals surface area (Å²) in [4.78, 5) is 0. The first kappa shape index (κ1) is 45.6. The fourth-order valence-corrected chi connectivity index (χ4v) is 8.97. The van der Waals surface area contributed by atoms with Crippen LogP contribution >= 0.6 is 39.1 Å². The van der Waals surface area contributed by atoms with Gasteiger partial charge in [0.15, 0.2) is 0 Å². The van der Waals surface area contributed by atoms with Gasteiger partial charge in [-0.3, -0.25) is 9.36 Å². The number of nitrogens with two attached hydrogens (primary N) is 1. The van der Waals surface area contributed by atoms with Crippen LogP contribution in [0.25, 0.3) is 11.1 Å². The van der Waals surface area contributed by atoms with Gasteiger partial charge in [0.1, 0.15) is 0 Å². The molecule has 5 N–H and O–H groups in total. The van der Waals surface area contributed by atoms with Crippen molar-refractivity contribution in [3.8, 4) is 11.1 Å². The van der Waals surface area contributed by atoms with Crippen molar-refractivity contribution in [1.29, 1.82) is 0 Å². The van der Waals surface area contributed by atoms with Crippen molar-refractivity contribution in [2.75, 3.05) is 26.2 Å². The van der Waals surface area contributed by atoms with Crippen LogP contribution < -0.4 is 28.5 Å². The molecule has 1 atom stereocenters. The van der Waals surface area contributed by atoms with E-state index in [1.54, 1.807) is 24.9 Å². The van der Waals surface area contributed by atoms with E-state index in [4.69, 9.17) is 33.2 Å². The second-order valence-electron chi connectivity index (χ2n) is 15.2. The van der Waals surface area contributed by atoms with Crippen molar-refractivity contribution in [3.63, 3.8) is 0 Å². The summed E-state index contributed by atoms with van der Waals surface area (Å²) in [5.74, 6) is 1.20. The van der Waals surface area contributed by atoms with Gasteiger partial charge in [-0.1, -0.05) is 99.8 Å². The molecule has 2 aliphatic heterocycles. The number of piperidine rings is 2. The summed E-state index contributed by atoms with van der Waals surface area (Å²) in [7, 11) is 2.29. The van der Waals surface area contributed by atoms with Crippen LogP contribution in [0.1, 0.15) is 65.2 Å². The second-order valence-corrected chi connectivity index (χ2v) is 17.0.